The molecular formula is C29H33N5O. The molecule has 0 aliphatic carbocycles. The molecule has 1 aliphatic rings. The number of pyridine rings is 1. The Labute approximate surface area is 208 Å². The molecule has 2 aromatic carbocycles. The Hall–Kier alpha value is -3.69. The number of anilines is 2. The van der Waals surface area contributed by atoms with E-state index in [1.165, 1.54) is 12.8 Å². The van der Waals surface area contributed by atoms with E-state index in [1.54, 1.807) is 0 Å². The van der Waals surface area contributed by atoms with E-state index in [9.17, 15) is 4.79 Å². The van der Waals surface area contributed by atoms with Crippen LogP contribution in [0.4, 0.5) is 11.5 Å². The van der Waals surface area contributed by atoms with Crippen molar-refractivity contribution in [3.05, 3.63) is 89.6 Å². The van der Waals surface area contributed by atoms with Gasteiger partial charge in [-0.1, -0.05) is 56.3 Å². The summed E-state index contributed by atoms with van der Waals surface area (Å²) >= 11 is 0. The van der Waals surface area contributed by atoms with Crippen molar-refractivity contribution >= 4 is 17.4 Å². The summed E-state index contributed by atoms with van der Waals surface area (Å²) in [6, 6.07) is 22.8. The Bertz CT molecular complexity index is 1140. The zero-order chi connectivity index (χ0) is 24.7. The van der Waals surface area contributed by atoms with Crippen molar-refractivity contribution in [2.45, 2.75) is 39.2 Å². The van der Waals surface area contributed by atoms with E-state index >= 15 is 0 Å². The van der Waals surface area contributed by atoms with Gasteiger partial charge in [0.2, 0.25) is 5.91 Å². The maximum Gasteiger partial charge on any atom is 0.247 e. The molecule has 35 heavy (non-hydrogen) atoms. The second-order valence-electron chi connectivity index (χ2n) is 9.90. The maximum absolute atomic E-state index is 13.2. The number of hydrogen-bond donors (Lipinski definition) is 2. The van der Waals surface area contributed by atoms with Gasteiger partial charge in [0.15, 0.2) is 0 Å². The molecule has 1 amide bonds. The molecule has 0 unspecified atom stereocenters. The molecule has 6 heteroatoms. The lowest BCUT2D eigenvalue weighted by Crippen LogP contribution is -2.37. The Balaban J connectivity index is 1.38. The van der Waals surface area contributed by atoms with Crippen LogP contribution in [-0.4, -0.2) is 30.5 Å². The van der Waals surface area contributed by atoms with Crippen LogP contribution in [0.2, 0.25) is 0 Å². The van der Waals surface area contributed by atoms with Crippen LogP contribution < -0.4 is 15.5 Å². The first kappa shape index (κ1) is 24.4. The summed E-state index contributed by atoms with van der Waals surface area (Å²) in [6.45, 7) is 7.32. The first-order valence-corrected chi connectivity index (χ1v) is 12.2. The van der Waals surface area contributed by atoms with Gasteiger partial charge in [0.05, 0.1) is 23.5 Å². The Morgan fingerprint density at radius 3 is 2.40 bits per heavy atom. The summed E-state index contributed by atoms with van der Waals surface area (Å²) in [5.41, 5.74) is 4.15. The highest BCUT2D eigenvalue weighted by Gasteiger charge is 2.26. The van der Waals surface area contributed by atoms with E-state index in [0.29, 0.717) is 23.3 Å². The first-order chi connectivity index (χ1) is 16.9. The number of nitrogens with zero attached hydrogens (tertiary/aromatic N) is 3. The topological polar surface area (TPSA) is 81.0 Å². The van der Waals surface area contributed by atoms with Crippen LogP contribution in [0.25, 0.3) is 0 Å². The lowest BCUT2D eigenvalue weighted by Gasteiger charge is -2.38. The number of carbonyl (C=O) groups is 1. The van der Waals surface area contributed by atoms with Crippen molar-refractivity contribution in [2.75, 3.05) is 29.9 Å². The highest BCUT2D eigenvalue weighted by molar-refractivity contribution is 5.94. The van der Waals surface area contributed by atoms with Crippen LogP contribution in [0.15, 0.2) is 72.9 Å². The normalized spacial score (nSPS) is 15.7. The molecule has 1 aliphatic heterocycles. The molecule has 0 bridgehead atoms. The molecule has 3 aromatic rings. The van der Waals surface area contributed by atoms with Gasteiger partial charge in [-0.3, -0.25) is 4.79 Å². The quantitative estimate of drug-likeness (QED) is 0.482. The smallest absolute Gasteiger partial charge is 0.247 e. The van der Waals surface area contributed by atoms with E-state index in [0.717, 1.165) is 36.3 Å². The highest BCUT2D eigenvalue weighted by atomic mass is 16.2. The Morgan fingerprint density at radius 2 is 1.77 bits per heavy atom. The number of carbonyl (C=O) groups excluding carboxylic acids is 1. The van der Waals surface area contributed by atoms with E-state index in [-0.39, 0.29) is 5.91 Å². The summed E-state index contributed by atoms with van der Waals surface area (Å²) in [5, 5.41) is 15.3. The van der Waals surface area contributed by atoms with E-state index < -0.39 is 6.04 Å². The fourth-order valence-corrected chi connectivity index (χ4v) is 4.33. The SMILES string of the molecule is CC1(C)CCN(c2ccc(NC(=O)[C@H](NCCc3ccc(C#N)cc3)c3ccccc3)nc2)CC1. The molecule has 180 valence electrons. The van der Waals surface area contributed by atoms with Crippen LogP contribution in [0, 0.1) is 16.7 Å². The third kappa shape index (κ3) is 6.68. The fourth-order valence-electron chi connectivity index (χ4n) is 4.33. The molecule has 1 aromatic heterocycles. The number of rotatable bonds is 8. The lowest BCUT2D eigenvalue weighted by atomic mass is 9.82. The molecule has 0 radical (unpaired) electrons. The number of piperidine rings is 1. The van der Waals surface area contributed by atoms with Gasteiger partial charge < -0.3 is 15.5 Å². The molecule has 1 saturated heterocycles. The van der Waals surface area contributed by atoms with Crippen molar-refractivity contribution in [3.63, 3.8) is 0 Å². The maximum atomic E-state index is 13.2. The minimum atomic E-state index is -0.500. The summed E-state index contributed by atoms with van der Waals surface area (Å²) in [7, 11) is 0. The highest BCUT2D eigenvalue weighted by Crippen LogP contribution is 2.32. The molecule has 2 heterocycles. The van der Waals surface area contributed by atoms with Gasteiger partial charge in [-0.2, -0.15) is 5.26 Å². The van der Waals surface area contributed by atoms with Crippen LogP contribution in [0.5, 0.6) is 0 Å². The number of nitriles is 1. The van der Waals surface area contributed by atoms with E-state index in [2.05, 4.69) is 40.4 Å². The summed E-state index contributed by atoms with van der Waals surface area (Å²) in [5.74, 6) is 0.405. The minimum Gasteiger partial charge on any atom is -0.370 e. The molecule has 1 atom stereocenters. The molecule has 4 rings (SSSR count). The second kappa shape index (κ2) is 11.2. The van der Waals surface area contributed by atoms with Gasteiger partial charge in [-0.25, -0.2) is 4.98 Å². The fraction of sp³-hybridized carbons (Fsp3) is 0.345. The number of amides is 1. The zero-order valence-corrected chi connectivity index (χ0v) is 20.5. The predicted octanol–water partition coefficient (Wildman–Crippen LogP) is 5.09. The average Bonchev–Trinajstić information content (AvgIpc) is 2.88. The van der Waals surface area contributed by atoms with Crippen molar-refractivity contribution in [1.29, 1.82) is 5.26 Å². The van der Waals surface area contributed by atoms with Gasteiger partial charge in [0.1, 0.15) is 11.9 Å². The Kier molecular flexibility index (Phi) is 7.79. The van der Waals surface area contributed by atoms with E-state index in [4.69, 9.17) is 5.26 Å². The van der Waals surface area contributed by atoms with Crippen LogP contribution in [0.3, 0.4) is 0 Å². The minimum absolute atomic E-state index is 0.143. The molecule has 6 nitrogen and oxygen atoms in total. The third-order valence-corrected chi connectivity index (χ3v) is 6.72. The first-order valence-electron chi connectivity index (χ1n) is 12.2. The van der Waals surface area contributed by atoms with Gasteiger partial charge in [-0.15, -0.1) is 0 Å². The van der Waals surface area contributed by atoms with Gasteiger partial charge in [0.25, 0.3) is 0 Å². The monoisotopic (exact) mass is 467 g/mol. The Morgan fingerprint density at radius 1 is 1.06 bits per heavy atom. The molecule has 0 saturated carbocycles. The summed E-state index contributed by atoms with van der Waals surface area (Å²) in [6.07, 6.45) is 4.93. The predicted molar refractivity (Wildman–Crippen MR) is 140 cm³/mol. The zero-order valence-electron chi connectivity index (χ0n) is 20.5. The molecule has 1 fully saturated rings. The molecule has 2 N–H and O–H groups in total. The second-order valence-corrected chi connectivity index (χ2v) is 9.90. The van der Waals surface area contributed by atoms with Crippen LogP contribution in [-0.2, 0) is 11.2 Å². The van der Waals surface area contributed by atoms with Gasteiger partial charge in [-0.05, 0) is 60.1 Å². The van der Waals surface area contributed by atoms with Crippen molar-refractivity contribution < 1.29 is 4.79 Å². The summed E-state index contributed by atoms with van der Waals surface area (Å²) < 4.78 is 0. The number of nitrogens with one attached hydrogen (secondary N) is 2. The number of benzene rings is 2. The number of hydrogen-bond acceptors (Lipinski definition) is 5. The third-order valence-electron chi connectivity index (χ3n) is 6.72. The van der Waals surface area contributed by atoms with E-state index in [1.807, 2.05) is 72.9 Å². The summed E-state index contributed by atoms with van der Waals surface area (Å²) in [4.78, 5) is 20.1. The average molecular weight is 468 g/mol. The molecule has 0 spiro atoms. The lowest BCUT2D eigenvalue weighted by molar-refractivity contribution is -0.118. The van der Waals surface area contributed by atoms with Crippen molar-refractivity contribution in [1.82, 2.24) is 10.3 Å². The van der Waals surface area contributed by atoms with Crippen molar-refractivity contribution in [2.24, 2.45) is 5.41 Å². The standard InChI is InChI=1S/C29H33N5O/c1-29(2)15-18-34(19-16-29)25-12-13-26(32-21-25)33-28(35)27(24-6-4-3-5-7-24)31-17-14-22-8-10-23(20-30)11-9-22/h3-13,21,27,31H,14-19H2,1-2H3,(H,32,33,35)/t27-/m1/s1. The molecular weight excluding hydrogens is 434 g/mol. The largest absolute Gasteiger partial charge is 0.370 e. The van der Waals surface area contributed by atoms with Gasteiger partial charge in [0, 0.05) is 19.6 Å². The van der Waals surface area contributed by atoms with Crippen LogP contribution >= 0.6 is 0 Å². The van der Waals surface area contributed by atoms with Crippen molar-refractivity contribution in [3.8, 4) is 6.07 Å². The van der Waals surface area contributed by atoms with Crippen LogP contribution in [0.1, 0.15) is 49.4 Å². The van der Waals surface area contributed by atoms with Gasteiger partial charge >= 0.3 is 0 Å². The number of aromatic nitrogens is 1.